The van der Waals surface area contributed by atoms with Gasteiger partial charge in [-0.15, -0.1) is 0 Å². The molecule has 0 aliphatic heterocycles. The fourth-order valence-electron chi connectivity index (χ4n) is 11.6. The van der Waals surface area contributed by atoms with E-state index in [1.807, 2.05) is 0 Å². The van der Waals surface area contributed by atoms with Gasteiger partial charge in [-0.2, -0.15) is 0 Å². The van der Waals surface area contributed by atoms with Gasteiger partial charge in [0.05, 0.1) is 0 Å². The van der Waals surface area contributed by atoms with Gasteiger partial charge < -0.3 is 17.0 Å². The SMILES string of the molecule is Cc1cc2c(cc1C)[n+](Cc1ccccc1Br)cn2[C@@H]1CC[C@@]2(C)C(=CC[C@H]3[C@@H]4CC[C@H]([C@H](C)CCCC(C)C)[C@@]4(C)CC[C@@H]32)C1.[Br-]. The quantitative estimate of drug-likeness (QED) is 0.160. The van der Waals surface area contributed by atoms with E-state index in [4.69, 9.17) is 0 Å². The molecule has 1 heterocycles. The molecule has 4 aliphatic carbocycles. The van der Waals surface area contributed by atoms with E-state index in [0.717, 1.165) is 42.1 Å². The number of halogens is 2. The van der Waals surface area contributed by atoms with Crippen LogP contribution in [0.15, 0.2) is 58.8 Å². The van der Waals surface area contributed by atoms with E-state index in [1.165, 1.54) is 103 Å². The molecule has 0 bridgehead atoms. The average molecular weight is 765 g/mol. The molecule has 0 N–H and O–H groups in total. The van der Waals surface area contributed by atoms with Crippen LogP contribution >= 0.6 is 15.9 Å². The maximum Gasteiger partial charge on any atom is 0.245 e. The normalized spacial score (nSPS) is 32.4. The van der Waals surface area contributed by atoms with Gasteiger partial charge >= 0.3 is 0 Å². The van der Waals surface area contributed by atoms with Crippen LogP contribution < -0.4 is 21.5 Å². The maximum absolute atomic E-state index is 3.82. The lowest BCUT2D eigenvalue weighted by Gasteiger charge is -2.58. The van der Waals surface area contributed by atoms with Gasteiger partial charge in [0, 0.05) is 16.5 Å². The number of allylic oxidation sites excluding steroid dienone is 2. The summed E-state index contributed by atoms with van der Waals surface area (Å²) in [4.78, 5) is 0. The van der Waals surface area contributed by atoms with Gasteiger partial charge in [-0.3, -0.25) is 0 Å². The van der Waals surface area contributed by atoms with Crippen molar-refractivity contribution < 1.29 is 21.5 Å². The molecule has 47 heavy (non-hydrogen) atoms. The van der Waals surface area contributed by atoms with Crippen molar-refractivity contribution in [1.29, 1.82) is 0 Å². The summed E-state index contributed by atoms with van der Waals surface area (Å²) < 4.78 is 6.37. The Kier molecular flexibility index (Phi) is 10.4. The van der Waals surface area contributed by atoms with Crippen LogP contribution in [0.1, 0.15) is 128 Å². The number of imidazole rings is 1. The zero-order valence-corrected chi connectivity index (χ0v) is 33.5. The third-order valence-electron chi connectivity index (χ3n) is 14.4. The van der Waals surface area contributed by atoms with Crippen molar-refractivity contribution >= 4 is 27.0 Å². The Bertz CT molecular complexity index is 1620. The first-order chi connectivity index (χ1) is 22.0. The molecule has 0 spiro atoms. The first kappa shape index (κ1) is 35.4. The number of aryl methyl sites for hydroxylation is 2. The average Bonchev–Trinajstić information content (AvgIpc) is 3.55. The van der Waals surface area contributed by atoms with Gasteiger partial charge in [-0.25, -0.2) is 9.13 Å². The summed E-state index contributed by atoms with van der Waals surface area (Å²) in [5.41, 5.74) is 9.65. The lowest BCUT2D eigenvalue weighted by atomic mass is 9.47. The lowest BCUT2D eigenvalue weighted by molar-refractivity contribution is -0.663. The van der Waals surface area contributed by atoms with Gasteiger partial charge in [0.1, 0.15) is 12.6 Å². The van der Waals surface area contributed by atoms with Crippen LogP contribution in [0.4, 0.5) is 0 Å². The third-order valence-corrected chi connectivity index (χ3v) is 15.2. The van der Waals surface area contributed by atoms with Gasteiger partial charge in [0.2, 0.25) is 6.33 Å². The molecule has 3 saturated carbocycles. The monoisotopic (exact) mass is 762 g/mol. The van der Waals surface area contributed by atoms with Crippen molar-refractivity contribution in [1.82, 2.24) is 4.57 Å². The predicted octanol–water partition coefficient (Wildman–Crippen LogP) is 8.94. The van der Waals surface area contributed by atoms with E-state index in [0.29, 0.717) is 16.9 Å². The minimum atomic E-state index is 0. The van der Waals surface area contributed by atoms with Crippen molar-refractivity contribution in [2.24, 2.45) is 46.3 Å². The molecule has 0 radical (unpaired) electrons. The Labute approximate surface area is 305 Å². The molecule has 0 saturated heterocycles. The molecule has 1 aromatic heterocycles. The number of hydrogen-bond donors (Lipinski definition) is 0. The van der Waals surface area contributed by atoms with Crippen LogP contribution in [0.25, 0.3) is 11.0 Å². The van der Waals surface area contributed by atoms with Crippen LogP contribution in [-0.2, 0) is 6.54 Å². The predicted molar refractivity (Wildman–Crippen MR) is 197 cm³/mol. The molecule has 2 aromatic carbocycles. The summed E-state index contributed by atoms with van der Waals surface area (Å²) in [7, 11) is 0. The number of aromatic nitrogens is 2. The van der Waals surface area contributed by atoms with E-state index in [2.05, 4.69) is 122 Å². The molecule has 7 rings (SSSR count). The second-order valence-electron chi connectivity index (χ2n) is 17.4. The zero-order chi connectivity index (χ0) is 32.4. The highest BCUT2D eigenvalue weighted by Crippen LogP contribution is 2.67. The standard InChI is InChI=1S/C43H60BrN2.BrH/c1-28(2)11-10-12-29(3)36-17-18-37-35-16-15-33-25-34(19-21-42(33,6)38(35)20-22-43(36,37)7)46-27-45(26-32-13-8-9-14-39(32)44)40-23-30(4)31(5)24-41(40)46;/h8-9,13-15,23-24,27-29,34-38H,10-12,16-22,25-26H2,1-7H3;1H/q+1;/p-1/t29-,34-,35+,36-,37+,38+,42+,43-;/m1./s1. The first-order valence-electron chi connectivity index (χ1n) is 18.9. The summed E-state index contributed by atoms with van der Waals surface area (Å²) in [5, 5.41) is 0. The van der Waals surface area contributed by atoms with E-state index in [9.17, 15) is 0 Å². The number of fused-ring (bicyclic) bond motifs is 6. The van der Waals surface area contributed by atoms with Crippen LogP contribution in [0.2, 0.25) is 0 Å². The summed E-state index contributed by atoms with van der Waals surface area (Å²) in [6.07, 6.45) is 20.6. The minimum absolute atomic E-state index is 0. The third kappa shape index (κ3) is 6.28. The smallest absolute Gasteiger partial charge is 0.245 e. The number of benzene rings is 2. The highest BCUT2D eigenvalue weighted by atomic mass is 79.9. The Hall–Kier alpha value is -1.39. The van der Waals surface area contributed by atoms with E-state index >= 15 is 0 Å². The zero-order valence-electron chi connectivity index (χ0n) is 30.3. The Morgan fingerprint density at radius 1 is 0.936 bits per heavy atom. The van der Waals surface area contributed by atoms with Crippen LogP contribution in [-0.4, -0.2) is 4.57 Å². The molecular formula is C43H60Br2N2. The number of rotatable bonds is 8. The van der Waals surface area contributed by atoms with Crippen LogP contribution in [0.3, 0.4) is 0 Å². The number of hydrogen-bond acceptors (Lipinski definition) is 0. The topological polar surface area (TPSA) is 8.81 Å². The van der Waals surface area contributed by atoms with Crippen LogP contribution in [0.5, 0.6) is 0 Å². The Morgan fingerprint density at radius 3 is 2.47 bits per heavy atom. The summed E-state index contributed by atoms with van der Waals surface area (Å²) in [6, 6.07) is 14.1. The second-order valence-corrected chi connectivity index (χ2v) is 18.2. The fourth-order valence-corrected chi connectivity index (χ4v) is 12.0. The van der Waals surface area contributed by atoms with E-state index in [1.54, 1.807) is 5.57 Å². The van der Waals surface area contributed by atoms with Gasteiger partial charge in [0.15, 0.2) is 11.0 Å². The van der Waals surface area contributed by atoms with Crippen molar-refractivity contribution in [3.8, 4) is 0 Å². The molecule has 3 fully saturated rings. The minimum Gasteiger partial charge on any atom is -1.00 e. The lowest BCUT2D eigenvalue weighted by Crippen LogP contribution is -3.00. The Morgan fingerprint density at radius 2 is 1.70 bits per heavy atom. The van der Waals surface area contributed by atoms with Crippen LogP contribution in [0, 0.1) is 60.2 Å². The molecule has 256 valence electrons. The van der Waals surface area contributed by atoms with Gasteiger partial charge in [-0.1, -0.05) is 99.7 Å². The Balaban J connectivity index is 0.00000386. The molecule has 3 aromatic rings. The van der Waals surface area contributed by atoms with Crippen molar-refractivity contribution in [3.05, 3.63) is 75.5 Å². The van der Waals surface area contributed by atoms with Gasteiger partial charge in [0.25, 0.3) is 0 Å². The summed E-state index contributed by atoms with van der Waals surface area (Å²) >= 11 is 3.82. The fraction of sp³-hybridized carbons (Fsp3) is 0.651. The largest absolute Gasteiger partial charge is 1.00 e. The van der Waals surface area contributed by atoms with Crippen molar-refractivity contribution in [3.63, 3.8) is 0 Å². The molecular weight excluding hydrogens is 704 g/mol. The molecule has 4 heteroatoms. The summed E-state index contributed by atoms with van der Waals surface area (Å²) in [6.45, 7) is 18.3. The van der Waals surface area contributed by atoms with E-state index < -0.39 is 0 Å². The van der Waals surface area contributed by atoms with Crippen molar-refractivity contribution in [2.75, 3.05) is 0 Å². The second kappa shape index (κ2) is 13.7. The highest BCUT2D eigenvalue weighted by molar-refractivity contribution is 9.10. The first-order valence-corrected chi connectivity index (χ1v) is 19.7. The van der Waals surface area contributed by atoms with Gasteiger partial charge in [-0.05, 0) is 134 Å². The number of nitrogens with zero attached hydrogens (tertiary/aromatic N) is 2. The molecule has 0 unspecified atom stereocenters. The molecule has 8 atom stereocenters. The molecule has 2 nitrogen and oxygen atoms in total. The molecule has 0 amide bonds. The maximum atomic E-state index is 3.82. The molecule has 4 aliphatic rings. The summed E-state index contributed by atoms with van der Waals surface area (Å²) in [5.74, 6) is 5.40. The van der Waals surface area contributed by atoms with Crippen molar-refractivity contribution in [2.45, 2.75) is 132 Å². The highest BCUT2D eigenvalue weighted by Gasteiger charge is 2.59. The van der Waals surface area contributed by atoms with E-state index in [-0.39, 0.29) is 17.0 Å².